The Kier molecular flexibility index (Phi) is 3.17. The second-order valence-corrected chi connectivity index (χ2v) is 4.48. The number of morpholine rings is 1. The lowest BCUT2D eigenvalue weighted by molar-refractivity contribution is 0.0765. The molecule has 0 bridgehead atoms. The first kappa shape index (κ1) is 11.5. The summed E-state index contributed by atoms with van der Waals surface area (Å²) in [5.74, 6) is 0.928. The lowest BCUT2D eigenvalue weighted by Gasteiger charge is -2.26. The van der Waals surface area contributed by atoms with E-state index in [1.165, 1.54) is 16.3 Å². The fourth-order valence-corrected chi connectivity index (χ4v) is 2.56. The van der Waals surface area contributed by atoms with Crippen LogP contribution >= 0.6 is 0 Å². The molecule has 94 valence electrons. The summed E-state index contributed by atoms with van der Waals surface area (Å²) in [7, 11) is 1.72. The van der Waals surface area contributed by atoms with Crippen molar-refractivity contribution in [2.45, 2.75) is 6.04 Å². The van der Waals surface area contributed by atoms with Gasteiger partial charge < -0.3 is 14.8 Å². The Bertz CT molecular complexity index is 547. The molecule has 0 aliphatic carbocycles. The van der Waals surface area contributed by atoms with E-state index in [0.717, 1.165) is 18.9 Å². The molecule has 3 nitrogen and oxygen atoms in total. The van der Waals surface area contributed by atoms with Crippen molar-refractivity contribution < 1.29 is 9.47 Å². The monoisotopic (exact) mass is 243 g/mol. The highest BCUT2D eigenvalue weighted by atomic mass is 16.5. The molecule has 1 atom stereocenters. The van der Waals surface area contributed by atoms with Crippen LogP contribution in [-0.2, 0) is 4.74 Å². The predicted octanol–water partition coefficient (Wildman–Crippen LogP) is 2.51. The van der Waals surface area contributed by atoms with Crippen molar-refractivity contribution in [1.29, 1.82) is 0 Å². The van der Waals surface area contributed by atoms with Crippen molar-refractivity contribution in [3.05, 3.63) is 42.0 Å². The number of benzene rings is 2. The quantitative estimate of drug-likeness (QED) is 0.879. The average molecular weight is 243 g/mol. The Hall–Kier alpha value is -1.58. The zero-order valence-electron chi connectivity index (χ0n) is 10.5. The second-order valence-electron chi connectivity index (χ2n) is 4.48. The van der Waals surface area contributed by atoms with Gasteiger partial charge in [-0.2, -0.15) is 0 Å². The number of methoxy groups -OCH3 is 1. The molecule has 1 aliphatic rings. The molecule has 1 unspecified atom stereocenters. The summed E-state index contributed by atoms with van der Waals surface area (Å²) in [4.78, 5) is 0. The third kappa shape index (κ3) is 1.96. The Morgan fingerprint density at radius 1 is 1.22 bits per heavy atom. The normalized spacial score (nSPS) is 19.9. The molecule has 18 heavy (non-hydrogen) atoms. The molecule has 0 saturated carbocycles. The van der Waals surface area contributed by atoms with Crippen molar-refractivity contribution in [3.63, 3.8) is 0 Å². The van der Waals surface area contributed by atoms with E-state index < -0.39 is 0 Å². The zero-order valence-corrected chi connectivity index (χ0v) is 10.5. The molecule has 2 aromatic carbocycles. The summed E-state index contributed by atoms with van der Waals surface area (Å²) in [6, 6.07) is 12.7. The molecular formula is C15H17NO2. The largest absolute Gasteiger partial charge is 0.496 e. The van der Waals surface area contributed by atoms with Gasteiger partial charge >= 0.3 is 0 Å². The van der Waals surface area contributed by atoms with E-state index in [2.05, 4.69) is 35.6 Å². The highest BCUT2D eigenvalue weighted by Gasteiger charge is 2.21. The van der Waals surface area contributed by atoms with Crippen molar-refractivity contribution in [2.75, 3.05) is 26.9 Å². The number of hydrogen-bond donors (Lipinski definition) is 1. The van der Waals surface area contributed by atoms with Crippen LogP contribution in [0.2, 0.25) is 0 Å². The molecule has 0 radical (unpaired) electrons. The van der Waals surface area contributed by atoms with Crippen LogP contribution < -0.4 is 10.1 Å². The number of nitrogens with one attached hydrogen (secondary N) is 1. The van der Waals surface area contributed by atoms with E-state index in [4.69, 9.17) is 9.47 Å². The molecule has 0 amide bonds. The Balaban J connectivity index is 2.16. The van der Waals surface area contributed by atoms with Gasteiger partial charge in [-0.3, -0.25) is 0 Å². The van der Waals surface area contributed by atoms with Crippen LogP contribution in [0.15, 0.2) is 36.4 Å². The van der Waals surface area contributed by atoms with Crippen molar-refractivity contribution in [2.24, 2.45) is 0 Å². The van der Waals surface area contributed by atoms with Gasteiger partial charge in [-0.15, -0.1) is 0 Å². The third-order valence-electron chi connectivity index (χ3n) is 3.42. The first-order valence-electron chi connectivity index (χ1n) is 6.27. The molecule has 0 aromatic heterocycles. The molecule has 1 fully saturated rings. The third-order valence-corrected chi connectivity index (χ3v) is 3.42. The molecule has 2 aromatic rings. The van der Waals surface area contributed by atoms with Crippen LogP contribution in [0, 0.1) is 0 Å². The molecule has 1 saturated heterocycles. The first-order valence-corrected chi connectivity index (χ1v) is 6.27. The fraction of sp³-hybridized carbons (Fsp3) is 0.333. The van der Waals surface area contributed by atoms with Crippen LogP contribution in [0.25, 0.3) is 10.8 Å². The molecule has 1 aliphatic heterocycles. The SMILES string of the molecule is COc1ccc2ccccc2c1C1COCCN1. The molecule has 3 heteroatoms. The minimum Gasteiger partial charge on any atom is -0.496 e. The Morgan fingerprint density at radius 2 is 2.11 bits per heavy atom. The Labute approximate surface area is 107 Å². The van der Waals surface area contributed by atoms with Gasteiger partial charge in [0.2, 0.25) is 0 Å². The maximum absolute atomic E-state index is 5.57. The van der Waals surface area contributed by atoms with E-state index in [0.29, 0.717) is 6.61 Å². The number of fused-ring (bicyclic) bond motifs is 1. The first-order chi connectivity index (χ1) is 8.90. The maximum Gasteiger partial charge on any atom is 0.124 e. The predicted molar refractivity (Wildman–Crippen MR) is 72.1 cm³/mol. The van der Waals surface area contributed by atoms with Crippen LogP contribution in [0.5, 0.6) is 5.75 Å². The summed E-state index contributed by atoms with van der Waals surface area (Å²) in [5.41, 5.74) is 1.20. The van der Waals surface area contributed by atoms with Crippen molar-refractivity contribution in [3.8, 4) is 5.75 Å². The van der Waals surface area contributed by atoms with Gasteiger partial charge in [0.1, 0.15) is 5.75 Å². The molecule has 1 heterocycles. The van der Waals surface area contributed by atoms with E-state index in [-0.39, 0.29) is 6.04 Å². The summed E-state index contributed by atoms with van der Waals surface area (Å²) >= 11 is 0. The van der Waals surface area contributed by atoms with Gasteiger partial charge in [-0.25, -0.2) is 0 Å². The van der Waals surface area contributed by atoms with Gasteiger partial charge in [0.15, 0.2) is 0 Å². The lowest BCUT2D eigenvalue weighted by Crippen LogP contribution is -2.34. The summed E-state index contributed by atoms with van der Waals surface area (Å²) in [6.07, 6.45) is 0. The van der Waals surface area contributed by atoms with Gasteiger partial charge in [0.25, 0.3) is 0 Å². The highest BCUT2D eigenvalue weighted by molar-refractivity contribution is 5.88. The molecule has 0 spiro atoms. The van der Waals surface area contributed by atoms with Crippen LogP contribution in [0.3, 0.4) is 0 Å². The van der Waals surface area contributed by atoms with Crippen molar-refractivity contribution >= 4 is 10.8 Å². The van der Waals surface area contributed by atoms with Gasteiger partial charge in [0, 0.05) is 12.1 Å². The van der Waals surface area contributed by atoms with Crippen LogP contribution in [0.4, 0.5) is 0 Å². The Morgan fingerprint density at radius 3 is 2.89 bits per heavy atom. The summed E-state index contributed by atoms with van der Waals surface area (Å²) in [5, 5.41) is 5.97. The molecular weight excluding hydrogens is 226 g/mol. The molecule has 1 N–H and O–H groups in total. The van der Waals surface area contributed by atoms with Crippen molar-refractivity contribution in [1.82, 2.24) is 5.32 Å². The minimum atomic E-state index is 0.208. The maximum atomic E-state index is 5.57. The topological polar surface area (TPSA) is 30.5 Å². The van der Waals surface area contributed by atoms with E-state index in [1.54, 1.807) is 7.11 Å². The number of rotatable bonds is 2. The lowest BCUT2D eigenvalue weighted by atomic mass is 9.97. The highest BCUT2D eigenvalue weighted by Crippen LogP contribution is 2.33. The number of hydrogen-bond acceptors (Lipinski definition) is 3. The smallest absolute Gasteiger partial charge is 0.124 e. The van der Waals surface area contributed by atoms with Gasteiger partial charge in [-0.1, -0.05) is 30.3 Å². The number of ether oxygens (including phenoxy) is 2. The summed E-state index contributed by atoms with van der Waals surface area (Å²) < 4.78 is 11.1. The van der Waals surface area contributed by atoms with Crippen LogP contribution in [-0.4, -0.2) is 26.9 Å². The average Bonchev–Trinajstić information content (AvgIpc) is 2.47. The standard InChI is InChI=1S/C15H17NO2/c1-17-14-7-6-11-4-2-3-5-12(11)15(14)13-10-18-9-8-16-13/h2-7,13,16H,8-10H2,1H3. The zero-order chi connectivity index (χ0) is 12.4. The van der Waals surface area contributed by atoms with E-state index in [9.17, 15) is 0 Å². The second kappa shape index (κ2) is 4.96. The van der Waals surface area contributed by atoms with E-state index in [1.807, 2.05) is 6.07 Å². The summed E-state index contributed by atoms with van der Waals surface area (Å²) in [6.45, 7) is 2.37. The van der Waals surface area contributed by atoms with E-state index >= 15 is 0 Å². The fourth-order valence-electron chi connectivity index (χ4n) is 2.56. The minimum absolute atomic E-state index is 0.208. The van der Waals surface area contributed by atoms with Gasteiger partial charge in [0.05, 0.1) is 26.4 Å². The van der Waals surface area contributed by atoms with Crippen LogP contribution in [0.1, 0.15) is 11.6 Å². The molecule has 3 rings (SSSR count). The van der Waals surface area contributed by atoms with Gasteiger partial charge in [-0.05, 0) is 16.8 Å².